The third-order valence-corrected chi connectivity index (χ3v) is 4.61. The van der Waals surface area contributed by atoms with Crippen molar-refractivity contribution in [1.82, 2.24) is 30.4 Å². The topological polar surface area (TPSA) is 87.2 Å². The maximum absolute atomic E-state index is 12.3. The summed E-state index contributed by atoms with van der Waals surface area (Å²) in [4.78, 5) is 16.5. The highest BCUT2D eigenvalue weighted by atomic mass is 16.5. The molecule has 0 spiro atoms. The molecule has 1 atom stereocenters. The van der Waals surface area contributed by atoms with E-state index < -0.39 is 0 Å². The van der Waals surface area contributed by atoms with Crippen LogP contribution in [0.4, 0.5) is 0 Å². The van der Waals surface area contributed by atoms with Crippen LogP contribution < -0.4 is 0 Å². The molecular weight excluding hydrogens is 284 g/mol. The summed E-state index contributed by atoms with van der Waals surface area (Å²) in [7, 11) is 2.12. The number of hydrogen-bond donors (Lipinski definition) is 1. The number of carbonyl (C=O) groups excluding carboxylic acids is 1. The van der Waals surface area contributed by atoms with Gasteiger partial charge in [-0.25, -0.2) is 0 Å². The summed E-state index contributed by atoms with van der Waals surface area (Å²) in [6.45, 7) is 3.73. The van der Waals surface area contributed by atoms with Crippen LogP contribution in [0.15, 0.2) is 0 Å². The third-order valence-electron chi connectivity index (χ3n) is 4.61. The number of H-pyrrole nitrogens is 1. The summed E-state index contributed by atoms with van der Waals surface area (Å²) in [5.41, 5.74) is 0. The predicted octanol–water partition coefficient (Wildman–Crippen LogP) is 0.0165. The van der Waals surface area contributed by atoms with Gasteiger partial charge in [-0.3, -0.25) is 4.79 Å². The van der Waals surface area contributed by atoms with Crippen molar-refractivity contribution in [2.75, 3.05) is 39.8 Å². The van der Waals surface area contributed by atoms with Crippen LogP contribution in [-0.4, -0.2) is 82.3 Å². The minimum atomic E-state index is 0.0760. The van der Waals surface area contributed by atoms with Crippen LogP contribution in [0.5, 0.6) is 0 Å². The first-order valence-corrected chi connectivity index (χ1v) is 8.03. The number of ether oxygens (including phenoxy) is 1. The highest BCUT2D eigenvalue weighted by Gasteiger charge is 2.28. The van der Waals surface area contributed by atoms with E-state index >= 15 is 0 Å². The lowest BCUT2D eigenvalue weighted by molar-refractivity contribution is -0.140. The van der Waals surface area contributed by atoms with Crippen LogP contribution in [0.2, 0.25) is 0 Å². The Morgan fingerprint density at radius 1 is 1.32 bits per heavy atom. The fraction of sp³-hybridized carbons (Fsp3) is 0.857. The minimum Gasteiger partial charge on any atom is -0.368 e. The van der Waals surface area contributed by atoms with Crippen molar-refractivity contribution in [3.05, 3.63) is 5.82 Å². The number of piperidine rings is 2. The third kappa shape index (κ3) is 3.80. The number of tetrazole rings is 1. The van der Waals surface area contributed by atoms with Crippen LogP contribution in [0.1, 0.15) is 37.4 Å². The van der Waals surface area contributed by atoms with E-state index in [9.17, 15) is 4.79 Å². The van der Waals surface area contributed by atoms with Crippen molar-refractivity contribution in [1.29, 1.82) is 0 Å². The number of amides is 1. The van der Waals surface area contributed by atoms with E-state index in [1.165, 1.54) is 0 Å². The maximum Gasteiger partial charge on any atom is 0.248 e. The Labute approximate surface area is 130 Å². The molecule has 1 aromatic rings. The number of carbonyl (C=O) groups is 1. The molecule has 0 saturated carbocycles. The van der Waals surface area contributed by atoms with Crippen LogP contribution in [0, 0.1) is 0 Å². The van der Waals surface area contributed by atoms with Crippen molar-refractivity contribution in [3.63, 3.8) is 0 Å². The minimum absolute atomic E-state index is 0.0760. The summed E-state index contributed by atoms with van der Waals surface area (Å²) >= 11 is 0. The lowest BCUT2D eigenvalue weighted by atomic mass is 9.97. The second-order valence-electron chi connectivity index (χ2n) is 6.26. The van der Waals surface area contributed by atoms with Crippen LogP contribution in [0.25, 0.3) is 0 Å². The molecule has 8 heteroatoms. The number of aromatic nitrogens is 4. The number of nitrogens with one attached hydrogen (secondary N) is 1. The zero-order chi connectivity index (χ0) is 15.4. The molecule has 8 nitrogen and oxygen atoms in total. The molecule has 122 valence electrons. The van der Waals surface area contributed by atoms with Gasteiger partial charge >= 0.3 is 0 Å². The molecule has 1 N–H and O–H groups in total. The highest BCUT2D eigenvalue weighted by Crippen LogP contribution is 2.23. The molecule has 22 heavy (non-hydrogen) atoms. The Balaban J connectivity index is 1.45. The molecule has 1 amide bonds. The van der Waals surface area contributed by atoms with Gasteiger partial charge in [0, 0.05) is 32.1 Å². The SMILES string of the molecule is CN1CCC(OCC(=O)N2CCCC(c3nn[nH]n3)C2)CC1. The largest absolute Gasteiger partial charge is 0.368 e. The monoisotopic (exact) mass is 308 g/mol. The molecule has 0 radical (unpaired) electrons. The molecule has 1 unspecified atom stereocenters. The summed E-state index contributed by atoms with van der Waals surface area (Å²) in [6.07, 6.45) is 4.21. The summed E-state index contributed by atoms with van der Waals surface area (Å²) in [5.74, 6) is 0.959. The molecular formula is C14H24N6O2. The first-order valence-electron chi connectivity index (χ1n) is 8.03. The Hall–Kier alpha value is -1.54. The van der Waals surface area contributed by atoms with Crippen LogP contribution in [0.3, 0.4) is 0 Å². The molecule has 2 aliphatic heterocycles. The van der Waals surface area contributed by atoms with Crippen molar-refractivity contribution in [2.24, 2.45) is 0 Å². The number of aromatic amines is 1. The normalized spacial score (nSPS) is 24.6. The second kappa shape index (κ2) is 7.15. The lowest BCUT2D eigenvalue weighted by Gasteiger charge is -2.32. The smallest absolute Gasteiger partial charge is 0.248 e. The molecule has 0 aliphatic carbocycles. The zero-order valence-electron chi connectivity index (χ0n) is 13.1. The van der Waals surface area contributed by atoms with E-state index in [0.29, 0.717) is 12.4 Å². The van der Waals surface area contributed by atoms with Crippen LogP contribution >= 0.6 is 0 Å². The fourth-order valence-electron chi connectivity index (χ4n) is 3.19. The Kier molecular flexibility index (Phi) is 4.99. The van der Waals surface area contributed by atoms with Crippen molar-refractivity contribution in [2.45, 2.75) is 37.7 Å². The fourth-order valence-corrected chi connectivity index (χ4v) is 3.19. The molecule has 2 saturated heterocycles. The number of rotatable bonds is 4. The van der Waals surface area contributed by atoms with Gasteiger partial charge in [0.25, 0.3) is 0 Å². The van der Waals surface area contributed by atoms with Gasteiger partial charge < -0.3 is 14.5 Å². The number of likely N-dealkylation sites (tertiary alicyclic amines) is 2. The highest BCUT2D eigenvalue weighted by molar-refractivity contribution is 5.77. The van der Waals surface area contributed by atoms with Crippen molar-refractivity contribution in [3.8, 4) is 0 Å². The Morgan fingerprint density at radius 2 is 2.14 bits per heavy atom. The Morgan fingerprint density at radius 3 is 2.86 bits per heavy atom. The van der Waals surface area contributed by atoms with Gasteiger partial charge in [-0.05, 0) is 32.7 Å². The van der Waals surface area contributed by atoms with E-state index in [1.54, 1.807) is 0 Å². The van der Waals surface area contributed by atoms with Crippen molar-refractivity contribution >= 4 is 5.91 Å². The lowest BCUT2D eigenvalue weighted by Crippen LogP contribution is -2.42. The molecule has 2 aliphatic rings. The zero-order valence-corrected chi connectivity index (χ0v) is 13.1. The van der Waals surface area contributed by atoms with Gasteiger partial charge in [0.1, 0.15) is 6.61 Å². The Bertz CT molecular complexity index is 472. The summed E-state index contributed by atoms with van der Waals surface area (Å²) in [6, 6.07) is 0. The van der Waals surface area contributed by atoms with Gasteiger partial charge in [-0.2, -0.15) is 5.21 Å². The van der Waals surface area contributed by atoms with Crippen LogP contribution in [-0.2, 0) is 9.53 Å². The predicted molar refractivity (Wildman–Crippen MR) is 79.2 cm³/mol. The molecule has 0 aromatic carbocycles. The van der Waals surface area contributed by atoms with Gasteiger partial charge in [0.05, 0.1) is 6.10 Å². The quantitative estimate of drug-likeness (QED) is 0.843. The molecule has 2 fully saturated rings. The first-order chi connectivity index (χ1) is 10.7. The maximum atomic E-state index is 12.3. The second-order valence-corrected chi connectivity index (χ2v) is 6.26. The van der Waals surface area contributed by atoms with E-state index in [-0.39, 0.29) is 24.5 Å². The van der Waals surface area contributed by atoms with Gasteiger partial charge in [0.2, 0.25) is 5.91 Å². The molecule has 1 aromatic heterocycles. The first kappa shape index (κ1) is 15.4. The van der Waals surface area contributed by atoms with Crippen molar-refractivity contribution < 1.29 is 9.53 Å². The van der Waals surface area contributed by atoms with E-state index in [4.69, 9.17) is 4.74 Å². The average molecular weight is 308 g/mol. The molecule has 0 bridgehead atoms. The van der Waals surface area contributed by atoms with Gasteiger partial charge in [-0.15, -0.1) is 10.2 Å². The molecule has 3 rings (SSSR count). The number of nitrogens with zero attached hydrogens (tertiary/aromatic N) is 5. The summed E-state index contributed by atoms with van der Waals surface area (Å²) < 4.78 is 5.80. The van der Waals surface area contributed by atoms with Gasteiger partial charge in [-0.1, -0.05) is 5.21 Å². The molecule has 3 heterocycles. The average Bonchev–Trinajstić information content (AvgIpc) is 3.09. The standard InChI is InChI=1S/C14H24N6O2/c1-19-7-4-12(5-8-19)22-10-13(21)20-6-2-3-11(9-20)14-15-17-18-16-14/h11-12H,2-10H2,1H3,(H,15,16,17,18). The van der Waals surface area contributed by atoms with Gasteiger partial charge in [0.15, 0.2) is 5.82 Å². The summed E-state index contributed by atoms with van der Waals surface area (Å²) in [5, 5.41) is 14.2. The number of hydrogen-bond acceptors (Lipinski definition) is 6. The van der Waals surface area contributed by atoms with E-state index in [1.807, 2.05) is 4.90 Å². The van der Waals surface area contributed by atoms with E-state index in [0.717, 1.165) is 45.3 Å². The van der Waals surface area contributed by atoms with E-state index in [2.05, 4.69) is 32.6 Å².